The lowest BCUT2D eigenvalue weighted by Gasteiger charge is -2.30. The van der Waals surface area contributed by atoms with E-state index >= 15 is 0 Å². The van der Waals surface area contributed by atoms with E-state index < -0.39 is 40.4 Å². The van der Waals surface area contributed by atoms with Crippen LogP contribution in [0.4, 0.5) is 0 Å². The fourth-order valence-corrected chi connectivity index (χ4v) is 1.78. The maximum absolute atomic E-state index is 10.5. The highest BCUT2D eigenvalue weighted by Crippen LogP contribution is 2.21. The fourth-order valence-electron chi connectivity index (χ4n) is 1.23. The van der Waals surface area contributed by atoms with Crippen LogP contribution >= 0.6 is 0 Å². The molecular formula is C7H10O8S. The first-order valence-corrected chi connectivity index (χ1v) is 5.53. The van der Waals surface area contributed by atoms with Gasteiger partial charge < -0.3 is 14.9 Å². The Labute approximate surface area is 91.0 Å². The van der Waals surface area contributed by atoms with Crippen LogP contribution in [-0.2, 0) is 24.1 Å². The number of hydrogen-bond acceptors (Lipinski definition) is 6. The first-order valence-electron chi connectivity index (χ1n) is 4.16. The summed E-state index contributed by atoms with van der Waals surface area (Å²) in [7, 11) is -4.74. The molecule has 1 unspecified atom stereocenters. The predicted molar refractivity (Wildman–Crippen MR) is 48.7 cm³/mol. The first kappa shape index (κ1) is 12.9. The molecule has 9 heteroatoms. The Balaban J connectivity index is 2.88. The monoisotopic (exact) mass is 254 g/mol. The molecule has 0 radical (unpaired) electrons. The molecule has 8 nitrogen and oxygen atoms in total. The molecule has 0 spiro atoms. The molecule has 0 saturated heterocycles. The summed E-state index contributed by atoms with van der Waals surface area (Å²) in [6, 6.07) is 0. The van der Waals surface area contributed by atoms with Crippen molar-refractivity contribution in [3.05, 3.63) is 11.8 Å². The van der Waals surface area contributed by atoms with Gasteiger partial charge in [0.2, 0.25) is 5.76 Å². The number of rotatable bonds is 3. The summed E-state index contributed by atoms with van der Waals surface area (Å²) >= 11 is 0. The molecular weight excluding hydrogens is 244 g/mol. The van der Waals surface area contributed by atoms with Gasteiger partial charge in [0.15, 0.2) is 0 Å². The molecule has 1 aliphatic heterocycles. The molecule has 1 aliphatic rings. The standard InChI is InChI=1S/C7H10O8S/c1-3-6(15-16(11,12)13)4(8)2-5(14-3)7(9)10/h2-4,6,8H,1H3,(H,9,10)(H,11,12,13)/t3-,4-,6?/m0/s1. The normalized spacial score (nSPS) is 30.4. The molecule has 0 saturated carbocycles. The molecule has 16 heavy (non-hydrogen) atoms. The average molecular weight is 254 g/mol. The first-order chi connectivity index (χ1) is 7.20. The number of carboxylic acids is 1. The zero-order chi connectivity index (χ0) is 12.5. The van der Waals surface area contributed by atoms with Crippen molar-refractivity contribution >= 4 is 16.4 Å². The Hall–Kier alpha value is -1.16. The van der Waals surface area contributed by atoms with Crippen LogP contribution < -0.4 is 0 Å². The average Bonchev–Trinajstić information content (AvgIpc) is 2.09. The Bertz CT molecular complexity index is 410. The van der Waals surface area contributed by atoms with E-state index in [0.29, 0.717) is 0 Å². The van der Waals surface area contributed by atoms with Gasteiger partial charge in [-0.15, -0.1) is 0 Å². The molecule has 92 valence electrons. The lowest BCUT2D eigenvalue weighted by molar-refractivity contribution is -0.141. The lowest BCUT2D eigenvalue weighted by atomic mass is 10.1. The fraction of sp³-hybridized carbons (Fsp3) is 0.571. The van der Waals surface area contributed by atoms with E-state index in [2.05, 4.69) is 4.18 Å². The van der Waals surface area contributed by atoms with E-state index in [0.717, 1.165) is 6.08 Å². The van der Waals surface area contributed by atoms with E-state index in [4.69, 9.17) is 14.4 Å². The van der Waals surface area contributed by atoms with Crippen LogP contribution in [0.3, 0.4) is 0 Å². The van der Waals surface area contributed by atoms with E-state index in [9.17, 15) is 18.3 Å². The molecule has 0 amide bonds. The van der Waals surface area contributed by atoms with Crippen molar-refractivity contribution in [2.24, 2.45) is 0 Å². The van der Waals surface area contributed by atoms with Gasteiger partial charge in [-0.05, 0) is 13.0 Å². The molecule has 3 N–H and O–H groups in total. The van der Waals surface area contributed by atoms with E-state index in [-0.39, 0.29) is 0 Å². The van der Waals surface area contributed by atoms with Crippen LogP contribution in [-0.4, -0.2) is 47.5 Å². The maximum atomic E-state index is 10.5. The highest BCUT2D eigenvalue weighted by atomic mass is 32.3. The number of carbonyl (C=O) groups is 1. The maximum Gasteiger partial charge on any atom is 0.397 e. The van der Waals surface area contributed by atoms with Crippen LogP contribution in [0.25, 0.3) is 0 Å². The third-order valence-corrected chi connectivity index (χ3v) is 2.34. The highest BCUT2D eigenvalue weighted by molar-refractivity contribution is 7.80. The SMILES string of the molecule is C[C@@H]1OC(C(=O)O)=C[C@H](O)C1OS(=O)(=O)O. The van der Waals surface area contributed by atoms with Gasteiger partial charge in [-0.3, -0.25) is 4.55 Å². The van der Waals surface area contributed by atoms with Crippen LogP contribution in [0.1, 0.15) is 6.92 Å². The zero-order valence-electron chi connectivity index (χ0n) is 8.10. The number of ether oxygens (including phenoxy) is 1. The third kappa shape index (κ3) is 3.17. The predicted octanol–water partition coefficient (Wildman–Crippen LogP) is -1.08. The zero-order valence-corrected chi connectivity index (χ0v) is 8.92. The molecule has 1 heterocycles. The van der Waals surface area contributed by atoms with Crippen molar-refractivity contribution in [1.82, 2.24) is 0 Å². The molecule has 3 atom stereocenters. The quantitative estimate of drug-likeness (QED) is 0.542. The van der Waals surface area contributed by atoms with E-state index in [1.807, 2.05) is 0 Å². The van der Waals surface area contributed by atoms with Crippen molar-refractivity contribution in [2.75, 3.05) is 0 Å². The number of hydrogen-bond donors (Lipinski definition) is 3. The molecule has 0 fully saturated rings. The van der Waals surface area contributed by atoms with Gasteiger partial charge in [-0.2, -0.15) is 8.42 Å². The van der Waals surface area contributed by atoms with Gasteiger partial charge in [0.1, 0.15) is 18.3 Å². The summed E-state index contributed by atoms with van der Waals surface area (Å²) in [5.74, 6) is -1.90. The molecule has 0 aromatic rings. The second-order valence-electron chi connectivity index (χ2n) is 3.14. The number of carboxylic acid groups (broad SMARTS) is 1. The lowest BCUT2D eigenvalue weighted by Crippen LogP contribution is -2.44. The van der Waals surface area contributed by atoms with Gasteiger partial charge in [-0.25, -0.2) is 8.98 Å². The Morgan fingerprint density at radius 3 is 2.50 bits per heavy atom. The van der Waals surface area contributed by atoms with Gasteiger partial charge in [0.05, 0.1) is 0 Å². The second kappa shape index (κ2) is 4.37. The van der Waals surface area contributed by atoms with Crippen LogP contribution in [0.5, 0.6) is 0 Å². The summed E-state index contributed by atoms with van der Waals surface area (Å²) in [5, 5.41) is 18.0. The summed E-state index contributed by atoms with van der Waals surface area (Å²) in [5.41, 5.74) is 0. The van der Waals surface area contributed by atoms with Gasteiger partial charge >= 0.3 is 16.4 Å². The molecule has 0 bridgehead atoms. The van der Waals surface area contributed by atoms with E-state index in [1.165, 1.54) is 6.92 Å². The van der Waals surface area contributed by atoms with Crippen LogP contribution in [0.15, 0.2) is 11.8 Å². The number of aliphatic hydroxyl groups excluding tert-OH is 1. The summed E-state index contributed by atoms with van der Waals surface area (Å²) < 4.78 is 38.2. The Morgan fingerprint density at radius 1 is 1.56 bits per heavy atom. The molecule has 1 rings (SSSR count). The molecule has 0 aliphatic carbocycles. The largest absolute Gasteiger partial charge is 0.481 e. The third-order valence-electron chi connectivity index (χ3n) is 1.88. The minimum atomic E-state index is -4.74. The number of aliphatic hydroxyl groups is 1. The van der Waals surface area contributed by atoms with Crippen LogP contribution in [0, 0.1) is 0 Å². The molecule has 0 aromatic carbocycles. The van der Waals surface area contributed by atoms with Crippen molar-refractivity contribution in [1.29, 1.82) is 0 Å². The van der Waals surface area contributed by atoms with Crippen molar-refractivity contribution in [2.45, 2.75) is 25.2 Å². The number of aliphatic carboxylic acids is 1. The minimum Gasteiger partial charge on any atom is -0.481 e. The summed E-state index contributed by atoms with van der Waals surface area (Å²) in [6.07, 6.45) is -3.14. The molecule has 0 aromatic heterocycles. The van der Waals surface area contributed by atoms with Crippen molar-refractivity contribution in [3.63, 3.8) is 0 Å². The topological polar surface area (TPSA) is 130 Å². The second-order valence-corrected chi connectivity index (χ2v) is 4.19. The Kier molecular flexibility index (Phi) is 3.53. The minimum absolute atomic E-state index is 0.504. The summed E-state index contributed by atoms with van der Waals surface area (Å²) in [6.45, 7) is 1.30. The van der Waals surface area contributed by atoms with Gasteiger partial charge in [0, 0.05) is 0 Å². The smallest absolute Gasteiger partial charge is 0.397 e. The van der Waals surface area contributed by atoms with Gasteiger partial charge in [0.25, 0.3) is 0 Å². The van der Waals surface area contributed by atoms with Gasteiger partial charge in [-0.1, -0.05) is 0 Å². The van der Waals surface area contributed by atoms with E-state index in [1.54, 1.807) is 0 Å². The van der Waals surface area contributed by atoms with Crippen LogP contribution in [0.2, 0.25) is 0 Å². The highest BCUT2D eigenvalue weighted by Gasteiger charge is 2.36. The summed E-state index contributed by atoms with van der Waals surface area (Å²) in [4.78, 5) is 10.5. The Morgan fingerprint density at radius 2 is 2.12 bits per heavy atom. The van der Waals surface area contributed by atoms with Crippen molar-refractivity contribution < 1.29 is 36.9 Å². The van der Waals surface area contributed by atoms with Crippen molar-refractivity contribution in [3.8, 4) is 0 Å².